The van der Waals surface area contributed by atoms with Crippen molar-refractivity contribution >= 4 is 11.9 Å². The van der Waals surface area contributed by atoms with Gasteiger partial charge in [0.15, 0.2) is 0 Å². The first-order chi connectivity index (χ1) is 8.03. The van der Waals surface area contributed by atoms with E-state index in [4.69, 9.17) is 4.74 Å². The summed E-state index contributed by atoms with van der Waals surface area (Å²) in [6, 6.07) is 6.47. The zero-order valence-electron chi connectivity index (χ0n) is 9.64. The van der Waals surface area contributed by atoms with Crippen molar-refractivity contribution in [1.82, 2.24) is 4.90 Å². The third-order valence-corrected chi connectivity index (χ3v) is 2.88. The predicted octanol–water partition coefficient (Wildman–Crippen LogP) is 0.480. The van der Waals surface area contributed by atoms with E-state index in [1.165, 1.54) is 7.05 Å². The van der Waals surface area contributed by atoms with Crippen LogP contribution in [0.2, 0.25) is 0 Å². The minimum atomic E-state index is -2.01. The summed E-state index contributed by atoms with van der Waals surface area (Å²) >= 11 is 0. The smallest absolute Gasteiger partial charge is 0.364 e. The van der Waals surface area contributed by atoms with Crippen LogP contribution in [0, 0.1) is 0 Å². The Morgan fingerprint density at radius 2 is 2.12 bits per heavy atom. The highest BCUT2D eigenvalue weighted by molar-refractivity contribution is 6.04. The van der Waals surface area contributed by atoms with Gasteiger partial charge >= 0.3 is 5.97 Å². The summed E-state index contributed by atoms with van der Waals surface area (Å²) in [6.07, 6.45) is 0. The second kappa shape index (κ2) is 3.85. The lowest BCUT2D eigenvalue weighted by Gasteiger charge is -2.28. The summed E-state index contributed by atoms with van der Waals surface area (Å²) in [7, 11) is 1.37. The number of esters is 1. The second-order valence-corrected chi connectivity index (χ2v) is 3.80. The molecular formula is C12H13NO4. The Balaban J connectivity index is 2.55. The minimum Gasteiger partial charge on any atom is -0.462 e. The Morgan fingerprint density at radius 1 is 1.47 bits per heavy atom. The molecule has 0 fully saturated rings. The zero-order valence-corrected chi connectivity index (χ0v) is 9.64. The molecule has 0 bridgehead atoms. The molecule has 1 aliphatic rings. The fourth-order valence-corrected chi connectivity index (χ4v) is 1.96. The highest BCUT2D eigenvalue weighted by atomic mass is 16.6. The summed E-state index contributed by atoms with van der Waals surface area (Å²) in [6.45, 7) is 1.79. The molecule has 1 aromatic rings. The number of aliphatic hydroxyl groups is 1. The van der Waals surface area contributed by atoms with Crippen LogP contribution >= 0.6 is 0 Å². The summed E-state index contributed by atoms with van der Waals surface area (Å²) in [5, 5.41) is 10.4. The Morgan fingerprint density at radius 3 is 2.76 bits per heavy atom. The van der Waals surface area contributed by atoms with Crippen molar-refractivity contribution in [2.45, 2.75) is 12.6 Å². The van der Waals surface area contributed by atoms with Crippen LogP contribution in [-0.2, 0) is 15.3 Å². The number of nitrogens with zero attached hydrogens (tertiary/aromatic N) is 1. The highest BCUT2D eigenvalue weighted by Crippen LogP contribution is 2.36. The monoisotopic (exact) mass is 235 g/mol. The van der Waals surface area contributed by atoms with Gasteiger partial charge in [0.05, 0.1) is 6.61 Å². The Labute approximate surface area is 98.6 Å². The van der Waals surface area contributed by atoms with E-state index in [-0.39, 0.29) is 12.2 Å². The van der Waals surface area contributed by atoms with Crippen LogP contribution in [0.3, 0.4) is 0 Å². The molecule has 0 saturated heterocycles. The fraction of sp³-hybridized carbons (Fsp3) is 0.333. The van der Waals surface area contributed by atoms with Gasteiger partial charge in [-0.2, -0.15) is 0 Å². The average molecular weight is 235 g/mol. The molecule has 1 aromatic carbocycles. The van der Waals surface area contributed by atoms with Crippen LogP contribution in [-0.4, -0.2) is 35.5 Å². The first-order valence-corrected chi connectivity index (χ1v) is 5.30. The van der Waals surface area contributed by atoms with Gasteiger partial charge in [0.2, 0.25) is 0 Å². The topological polar surface area (TPSA) is 66.8 Å². The number of likely N-dealkylation sites (N-methyl/N-ethyl adjacent to an activating group) is 1. The van der Waals surface area contributed by atoms with E-state index >= 15 is 0 Å². The highest BCUT2D eigenvalue weighted by Gasteiger charge is 2.53. The maximum atomic E-state index is 11.9. The minimum absolute atomic E-state index is 0.144. The number of benzene rings is 1. The summed E-state index contributed by atoms with van der Waals surface area (Å²) in [4.78, 5) is 24.7. The lowest BCUT2D eigenvalue weighted by atomic mass is 10.0. The van der Waals surface area contributed by atoms with E-state index in [2.05, 4.69) is 0 Å². The number of carbonyl (C=O) groups excluding carboxylic acids is 2. The summed E-state index contributed by atoms with van der Waals surface area (Å²) < 4.78 is 4.82. The van der Waals surface area contributed by atoms with Crippen molar-refractivity contribution in [1.29, 1.82) is 0 Å². The van der Waals surface area contributed by atoms with Crippen LogP contribution in [0.1, 0.15) is 22.8 Å². The summed E-state index contributed by atoms with van der Waals surface area (Å²) in [5.41, 5.74) is -1.42. The molecule has 0 spiro atoms. The van der Waals surface area contributed by atoms with E-state index in [0.29, 0.717) is 5.56 Å². The van der Waals surface area contributed by atoms with Crippen molar-refractivity contribution in [3.8, 4) is 0 Å². The normalized spacial score (nSPS) is 22.5. The SMILES string of the molecule is CCOC(=O)[C@@]1(O)c2ccccc2C(=O)N1C. The van der Waals surface area contributed by atoms with Crippen LogP contribution in [0.4, 0.5) is 0 Å². The zero-order chi connectivity index (χ0) is 12.6. The molecule has 1 atom stereocenters. The van der Waals surface area contributed by atoms with Gasteiger partial charge in [-0.05, 0) is 13.0 Å². The quantitative estimate of drug-likeness (QED) is 0.757. The van der Waals surface area contributed by atoms with Crippen molar-refractivity contribution in [3.63, 3.8) is 0 Å². The second-order valence-electron chi connectivity index (χ2n) is 3.80. The maximum absolute atomic E-state index is 11.9. The van der Waals surface area contributed by atoms with Crippen LogP contribution in [0.15, 0.2) is 24.3 Å². The van der Waals surface area contributed by atoms with Gasteiger partial charge in [-0.15, -0.1) is 0 Å². The van der Waals surface area contributed by atoms with Gasteiger partial charge < -0.3 is 14.7 Å². The third kappa shape index (κ3) is 1.43. The Kier molecular flexibility index (Phi) is 2.63. The number of hydrogen-bond acceptors (Lipinski definition) is 4. The van der Waals surface area contributed by atoms with Gasteiger partial charge in [-0.3, -0.25) is 4.79 Å². The number of amides is 1. The van der Waals surface area contributed by atoms with Gasteiger partial charge in [0.1, 0.15) is 0 Å². The van der Waals surface area contributed by atoms with Crippen LogP contribution in [0.5, 0.6) is 0 Å². The molecule has 0 unspecified atom stereocenters. The molecule has 1 heterocycles. The molecule has 0 aliphatic carbocycles. The van der Waals surface area contributed by atoms with E-state index in [1.807, 2.05) is 0 Å². The molecular weight excluding hydrogens is 222 g/mol. The van der Waals surface area contributed by atoms with Gasteiger partial charge in [0, 0.05) is 18.2 Å². The molecule has 1 amide bonds. The molecule has 0 radical (unpaired) electrons. The third-order valence-electron chi connectivity index (χ3n) is 2.88. The first kappa shape index (κ1) is 11.6. The molecule has 90 valence electrons. The van der Waals surface area contributed by atoms with Crippen LogP contribution in [0.25, 0.3) is 0 Å². The predicted molar refractivity (Wildman–Crippen MR) is 59.1 cm³/mol. The van der Waals surface area contributed by atoms with Crippen molar-refractivity contribution in [3.05, 3.63) is 35.4 Å². The Bertz CT molecular complexity index is 485. The van der Waals surface area contributed by atoms with E-state index in [0.717, 1.165) is 4.90 Å². The molecule has 0 aromatic heterocycles. The molecule has 0 saturated carbocycles. The van der Waals surface area contributed by atoms with Gasteiger partial charge in [-0.25, -0.2) is 4.79 Å². The molecule has 1 N–H and O–H groups in total. The largest absolute Gasteiger partial charge is 0.462 e. The van der Waals surface area contributed by atoms with Crippen molar-refractivity contribution in [2.24, 2.45) is 0 Å². The molecule has 17 heavy (non-hydrogen) atoms. The summed E-state index contributed by atoms with van der Waals surface area (Å²) in [5.74, 6) is -1.23. The number of rotatable bonds is 2. The van der Waals surface area contributed by atoms with Crippen molar-refractivity contribution in [2.75, 3.05) is 13.7 Å². The van der Waals surface area contributed by atoms with E-state index < -0.39 is 17.6 Å². The number of ether oxygens (including phenoxy) is 1. The standard InChI is InChI=1S/C12H13NO4/c1-3-17-11(15)12(16)9-7-5-4-6-8(9)10(14)13(12)2/h4-7,16H,3H2,1-2H3/t12-/m0/s1. The average Bonchev–Trinajstić information content (AvgIpc) is 2.54. The van der Waals surface area contributed by atoms with Gasteiger partial charge in [-0.1, -0.05) is 18.2 Å². The molecule has 1 aliphatic heterocycles. The molecule has 2 rings (SSSR count). The number of hydrogen-bond donors (Lipinski definition) is 1. The Hall–Kier alpha value is -1.88. The lowest BCUT2D eigenvalue weighted by molar-refractivity contribution is -0.181. The fourth-order valence-electron chi connectivity index (χ4n) is 1.96. The van der Waals surface area contributed by atoms with Crippen LogP contribution < -0.4 is 0 Å². The van der Waals surface area contributed by atoms with Crippen molar-refractivity contribution < 1.29 is 19.4 Å². The number of fused-ring (bicyclic) bond motifs is 1. The van der Waals surface area contributed by atoms with E-state index in [1.54, 1.807) is 31.2 Å². The van der Waals surface area contributed by atoms with Gasteiger partial charge in [0.25, 0.3) is 11.6 Å². The van der Waals surface area contributed by atoms with E-state index in [9.17, 15) is 14.7 Å². The molecule has 5 heteroatoms. The lowest BCUT2D eigenvalue weighted by Crippen LogP contribution is -2.48. The number of carbonyl (C=O) groups is 2. The first-order valence-electron chi connectivity index (χ1n) is 5.30. The molecule has 5 nitrogen and oxygen atoms in total. The maximum Gasteiger partial charge on any atom is 0.364 e.